The maximum absolute atomic E-state index is 2.53. The fourth-order valence-corrected chi connectivity index (χ4v) is 13.6. The first-order valence-corrected chi connectivity index (χ1v) is 31.1. The Morgan fingerprint density at radius 2 is 0.211 bits per heavy atom. The fourth-order valence-electron chi connectivity index (χ4n) is 13.6. The molecule has 16 aromatic carbocycles. The van der Waals surface area contributed by atoms with Gasteiger partial charge >= 0.3 is 0 Å². The van der Waals surface area contributed by atoms with Crippen molar-refractivity contribution in [3.05, 3.63) is 364 Å². The van der Waals surface area contributed by atoms with E-state index in [1.54, 1.807) is 0 Å². The zero-order valence-electron chi connectivity index (χ0n) is 49.6. The highest BCUT2D eigenvalue weighted by Crippen LogP contribution is 2.50. The Morgan fingerprint density at radius 1 is 0.0889 bits per heavy atom. The van der Waals surface area contributed by atoms with Crippen molar-refractivity contribution in [2.24, 2.45) is 0 Å². The zero-order chi connectivity index (χ0) is 59.7. The molecule has 0 heterocycles. The lowest BCUT2D eigenvalue weighted by atomic mass is 9.81. The summed E-state index contributed by atoms with van der Waals surface area (Å²) in [5.41, 5.74) is 28.1. The van der Waals surface area contributed by atoms with E-state index in [2.05, 4.69) is 364 Å². The van der Waals surface area contributed by atoms with Crippen LogP contribution in [0.5, 0.6) is 0 Å². The fraction of sp³-hybridized carbons (Fsp3) is 0. The van der Waals surface area contributed by atoms with E-state index < -0.39 is 0 Å². The molecule has 0 fully saturated rings. The molecule has 0 N–H and O–H groups in total. The average Bonchev–Trinajstić information content (AvgIpc) is 0.742. The van der Waals surface area contributed by atoms with Crippen molar-refractivity contribution in [1.29, 1.82) is 0 Å². The van der Waals surface area contributed by atoms with E-state index in [1.807, 2.05) is 0 Å². The molecule has 0 saturated carbocycles. The van der Waals surface area contributed by atoms with Gasteiger partial charge in [-0.1, -0.05) is 291 Å². The van der Waals surface area contributed by atoms with E-state index in [4.69, 9.17) is 0 Å². The first-order chi connectivity index (χ1) is 44.6. The van der Waals surface area contributed by atoms with Crippen LogP contribution in [-0.4, -0.2) is 0 Å². The summed E-state index contributed by atoms with van der Waals surface area (Å²) in [6, 6.07) is 135. The van der Waals surface area contributed by atoms with Crippen LogP contribution in [0.25, 0.3) is 166 Å². The molecular weight excluding hydrogens is 1080 g/mol. The van der Waals surface area contributed by atoms with Crippen LogP contribution in [0.15, 0.2) is 364 Å². The smallest absolute Gasteiger partial charge is 0.00921 e. The molecule has 0 aromatic heterocycles. The molecule has 420 valence electrons. The van der Waals surface area contributed by atoms with Crippen molar-refractivity contribution in [3.8, 4) is 134 Å². The summed E-state index contributed by atoms with van der Waals surface area (Å²) in [7, 11) is 0. The van der Waals surface area contributed by atoms with Crippen molar-refractivity contribution in [2.45, 2.75) is 0 Å². The van der Waals surface area contributed by atoms with Gasteiger partial charge in [-0.25, -0.2) is 0 Å². The Hall–Kier alpha value is -11.7. The van der Waals surface area contributed by atoms with E-state index in [1.165, 1.54) is 132 Å². The van der Waals surface area contributed by atoms with Crippen LogP contribution in [0.3, 0.4) is 0 Å². The molecular formula is C90H60. The number of fused-ring (bicyclic) bond motifs is 6. The highest BCUT2D eigenvalue weighted by atomic mass is 14.3. The molecule has 0 bridgehead atoms. The number of rotatable bonds is 12. The van der Waals surface area contributed by atoms with Gasteiger partial charge in [0.05, 0.1) is 0 Å². The van der Waals surface area contributed by atoms with E-state index in [9.17, 15) is 0 Å². The third kappa shape index (κ3) is 10.4. The van der Waals surface area contributed by atoms with Gasteiger partial charge < -0.3 is 0 Å². The number of hydrogen-bond donors (Lipinski definition) is 0. The summed E-state index contributed by atoms with van der Waals surface area (Å²) >= 11 is 0. The standard InChI is InChI=1S/C90H60/c1-7-25-61(26-8-1)67-37-19-43-73(49-67)79-55-85-86(56-80(79)74-44-20-38-68(50-74)62-27-9-2-10-28-62)88-58-82(76-46-22-40-70(52-76)64-31-13-4-14-32-64)84(78-48-24-42-72(54-78)66-35-17-6-18-36-66)60-90(88)89-59-83(77-47-23-41-71(53-77)65-33-15-5-16-34-65)81(57-87(85)89)75-45-21-39-69(51-75)63-29-11-3-12-30-63/h1-60H. The average molecular weight is 1140 g/mol. The molecule has 0 saturated heterocycles. The topological polar surface area (TPSA) is 0 Å². The van der Waals surface area contributed by atoms with E-state index in [0.717, 1.165) is 33.4 Å². The van der Waals surface area contributed by atoms with E-state index >= 15 is 0 Å². The third-order valence-electron chi connectivity index (χ3n) is 18.0. The number of hydrogen-bond acceptors (Lipinski definition) is 0. The van der Waals surface area contributed by atoms with Crippen LogP contribution >= 0.6 is 0 Å². The predicted octanol–water partition coefficient (Wildman–Crippen LogP) is 25.2. The second kappa shape index (κ2) is 23.5. The lowest BCUT2D eigenvalue weighted by molar-refractivity contribution is 1.57. The Bertz CT molecular complexity index is 4400. The molecule has 0 radical (unpaired) electrons. The Balaban J connectivity index is 1.06. The lowest BCUT2D eigenvalue weighted by Crippen LogP contribution is -1.95. The summed E-state index contributed by atoms with van der Waals surface area (Å²) in [4.78, 5) is 0. The summed E-state index contributed by atoms with van der Waals surface area (Å²) in [6.07, 6.45) is 0. The van der Waals surface area contributed by atoms with Gasteiger partial charge in [-0.15, -0.1) is 0 Å². The molecule has 0 aliphatic heterocycles. The molecule has 16 aromatic rings. The zero-order valence-corrected chi connectivity index (χ0v) is 49.6. The quantitative estimate of drug-likeness (QED) is 0.107. The molecule has 0 nitrogen and oxygen atoms in total. The van der Waals surface area contributed by atoms with Crippen LogP contribution < -0.4 is 0 Å². The second-order valence-corrected chi connectivity index (χ2v) is 23.5. The van der Waals surface area contributed by atoms with Gasteiger partial charge in [0, 0.05) is 0 Å². The minimum absolute atomic E-state index is 1.16. The molecule has 0 aliphatic rings. The summed E-state index contributed by atoms with van der Waals surface area (Å²) < 4.78 is 0. The molecule has 0 spiro atoms. The second-order valence-electron chi connectivity index (χ2n) is 23.5. The van der Waals surface area contributed by atoms with Gasteiger partial charge in [0.1, 0.15) is 0 Å². The summed E-state index contributed by atoms with van der Waals surface area (Å²) in [6.45, 7) is 0. The van der Waals surface area contributed by atoms with Crippen molar-refractivity contribution in [2.75, 3.05) is 0 Å². The molecule has 0 atom stereocenters. The molecule has 16 rings (SSSR count). The van der Waals surface area contributed by atoms with Crippen molar-refractivity contribution >= 4 is 32.3 Å². The molecule has 0 aliphatic carbocycles. The van der Waals surface area contributed by atoms with Crippen LogP contribution in [0.1, 0.15) is 0 Å². The van der Waals surface area contributed by atoms with Gasteiger partial charge in [0.25, 0.3) is 0 Å². The van der Waals surface area contributed by atoms with E-state index in [0.29, 0.717) is 0 Å². The maximum Gasteiger partial charge on any atom is -0.00921 e. The van der Waals surface area contributed by atoms with Crippen LogP contribution in [0.2, 0.25) is 0 Å². The van der Waals surface area contributed by atoms with Gasteiger partial charge in [-0.2, -0.15) is 0 Å². The minimum atomic E-state index is 1.16. The van der Waals surface area contributed by atoms with Crippen LogP contribution in [-0.2, 0) is 0 Å². The van der Waals surface area contributed by atoms with Crippen LogP contribution in [0.4, 0.5) is 0 Å². The molecule has 0 amide bonds. The molecule has 90 heavy (non-hydrogen) atoms. The number of benzene rings is 16. The van der Waals surface area contributed by atoms with E-state index in [-0.39, 0.29) is 0 Å². The first-order valence-electron chi connectivity index (χ1n) is 31.1. The summed E-state index contributed by atoms with van der Waals surface area (Å²) in [5.74, 6) is 0. The van der Waals surface area contributed by atoms with Gasteiger partial charge in [0.2, 0.25) is 0 Å². The highest BCUT2D eigenvalue weighted by Gasteiger charge is 2.23. The van der Waals surface area contributed by atoms with Gasteiger partial charge in [0.15, 0.2) is 0 Å². The maximum atomic E-state index is 2.53. The Kier molecular flexibility index (Phi) is 14.1. The Morgan fingerprint density at radius 3 is 0.356 bits per heavy atom. The lowest BCUT2D eigenvalue weighted by Gasteiger charge is -2.22. The predicted molar refractivity (Wildman–Crippen MR) is 384 cm³/mol. The minimum Gasteiger partial charge on any atom is -0.0622 e. The van der Waals surface area contributed by atoms with Crippen molar-refractivity contribution in [1.82, 2.24) is 0 Å². The Labute approximate surface area is 526 Å². The van der Waals surface area contributed by atoms with Crippen LogP contribution in [0, 0.1) is 0 Å². The van der Waals surface area contributed by atoms with Crippen molar-refractivity contribution in [3.63, 3.8) is 0 Å². The largest absolute Gasteiger partial charge is 0.0622 e. The monoisotopic (exact) mass is 1140 g/mol. The third-order valence-corrected chi connectivity index (χ3v) is 18.0. The van der Waals surface area contributed by atoms with Crippen molar-refractivity contribution < 1.29 is 0 Å². The van der Waals surface area contributed by atoms with Gasteiger partial charge in [-0.3, -0.25) is 0 Å². The SMILES string of the molecule is c1ccc(-c2cccc(-c3cc4c5cc(-c6cccc(-c7ccccc7)c6)c(-c6cccc(-c7ccccc7)c6)cc5c5cc(-c6cccc(-c7ccccc7)c6)c(-c6cccc(-c7ccccc7)c6)cc5c4cc3-c3cccc(-c4ccccc4)c3)c2)cc1. The first kappa shape index (κ1) is 53.7. The molecule has 0 unspecified atom stereocenters. The normalized spacial score (nSPS) is 11.3. The van der Waals surface area contributed by atoms with Gasteiger partial charge in [-0.05, 0) is 239 Å². The molecule has 0 heteroatoms. The summed E-state index contributed by atoms with van der Waals surface area (Å²) in [5, 5.41) is 7.13. The highest BCUT2D eigenvalue weighted by molar-refractivity contribution is 6.29.